The number of halogens is 2. The molecule has 0 atom stereocenters. The van der Waals surface area contributed by atoms with E-state index in [2.05, 4.69) is 26.8 Å². The summed E-state index contributed by atoms with van der Waals surface area (Å²) in [6, 6.07) is 9.75. The first-order chi connectivity index (χ1) is 12.6. The number of likely N-dealkylation sites (N-methyl/N-ethyl adjacent to an activating group) is 1. The van der Waals surface area contributed by atoms with Gasteiger partial charge in [0.15, 0.2) is 0 Å². The molecule has 2 aromatic rings. The van der Waals surface area contributed by atoms with Crippen LogP contribution in [0.5, 0.6) is 0 Å². The third-order valence-corrected chi connectivity index (χ3v) is 5.81. The van der Waals surface area contributed by atoms with Gasteiger partial charge in [-0.15, -0.1) is 0 Å². The van der Waals surface area contributed by atoms with Gasteiger partial charge in [-0.05, 0) is 37.3 Å². The molecule has 0 fully saturated rings. The molecule has 0 aliphatic heterocycles. The largest absolute Gasteiger partial charge is 0.272 e. The maximum atomic E-state index is 13.3. The first-order valence-electron chi connectivity index (χ1n) is 7.68. The van der Waals surface area contributed by atoms with E-state index in [4.69, 9.17) is 0 Å². The lowest BCUT2D eigenvalue weighted by molar-refractivity contribution is -0.121. The maximum absolute atomic E-state index is 13.3. The first-order valence-corrected chi connectivity index (χ1v) is 9.91. The lowest BCUT2D eigenvalue weighted by Crippen LogP contribution is -2.46. The van der Waals surface area contributed by atoms with Crippen LogP contribution in [0, 0.1) is 12.7 Å². The molecule has 0 saturated carbocycles. The molecule has 27 heavy (non-hydrogen) atoms. The summed E-state index contributed by atoms with van der Waals surface area (Å²) in [4.78, 5) is 23.9. The van der Waals surface area contributed by atoms with Gasteiger partial charge in [0.1, 0.15) is 5.82 Å². The van der Waals surface area contributed by atoms with Crippen molar-refractivity contribution in [3.8, 4) is 0 Å². The SMILES string of the molecule is Cc1ccc(S(=O)(=O)N(C)CC(=O)NNC(=O)c2cc(F)cc(Br)c2)cc1. The molecule has 0 heterocycles. The minimum absolute atomic E-state index is 0.0113. The standard InChI is InChI=1S/C17H17BrFN3O4S/c1-11-3-5-15(6-4-11)27(25,26)22(2)10-16(23)20-21-17(24)12-7-13(18)9-14(19)8-12/h3-9H,10H2,1-2H3,(H,20,23)(H,21,24). The molecule has 10 heteroatoms. The first kappa shape index (κ1) is 21.0. The Hall–Kier alpha value is -2.30. The molecule has 0 spiro atoms. The molecule has 0 aliphatic rings. The molecule has 144 valence electrons. The average Bonchev–Trinajstić information content (AvgIpc) is 2.59. The van der Waals surface area contributed by atoms with Gasteiger partial charge in [-0.1, -0.05) is 33.6 Å². The molecule has 2 N–H and O–H groups in total. The van der Waals surface area contributed by atoms with Crippen LogP contribution in [0.4, 0.5) is 4.39 Å². The van der Waals surface area contributed by atoms with Gasteiger partial charge in [-0.2, -0.15) is 4.31 Å². The van der Waals surface area contributed by atoms with Crippen molar-refractivity contribution in [1.29, 1.82) is 0 Å². The van der Waals surface area contributed by atoms with Crippen LogP contribution in [0.25, 0.3) is 0 Å². The van der Waals surface area contributed by atoms with Crippen LogP contribution in [0.2, 0.25) is 0 Å². The van der Waals surface area contributed by atoms with Gasteiger partial charge in [0.2, 0.25) is 10.0 Å². The van der Waals surface area contributed by atoms with Gasteiger partial charge < -0.3 is 0 Å². The maximum Gasteiger partial charge on any atom is 0.269 e. The fraction of sp³-hybridized carbons (Fsp3) is 0.176. The lowest BCUT2D eigenvalue weighted by Gasteiger charge is -2.17. The fourth-order valence-electron chi connectivity index (χ4n) is 2.10. The lowest BCUT2D eigenvalue weighted by atomic mass is 10.2. The van der Waals surface area contributed by atoms with Crippen molar-refractivity contribution in [3.63, 3.8) is 0 Å². The Bertz CT molecular complexity index is 944. The van der Waals surface area contributed by atoms with Gasteiger partial charge in [0.05, 0.1) is 11.4 Å². The molecule has 0 radical (unpaired) electrons. The Kier molecular flexibility index (Phi) is 6.68. The van der Waals surface area contributed by atoms with Crippen LogP contribution in [0.1, 0.15) is 15.9 Å². The van der Waals surface area contributed by atoms with E-state index in [1.54, 1.807) is 12.1 Å². The van der Waals surface area contributed by atoms with Crippen LogP contribution < -0.4 is 10.9 Å². The zero-order chi connectivity index (χ0) is 20.2. The van der Waals surface area contributed by atoms with Gasteiger partial charge in [0, 0.05) is 17.1 Å². The molecule has 2 amide bonds. The minimum atomic E-state index is -3.85. The Balaban J connectivity index is 1.96. The van der Waals surface area contributed by atoms with Crippen molar-refractivity contribution in [2.45, 2.75) is 11.8 Å². The minimum Gasteiger partial charge on any atom is -0.272 e. The fourth-order valence-corrected chi connectivity index (χ4v) is 3.69. The van der Waals surface area contributed by atoms with Crippen molar-refractivity contribution >= 4 is 37.8 Å². The number of hydrogen-bond donors (Lipinski definition) is 2. The average molecular weight is 458 g/mol. The number of hydrogen-bond acceptors (Lipinski definition) is 4. The van der Waals surface area contributed by atoms with E-state index in [1.165, 1.54) is 31.3 Å². The Labute approximate surface area is 164 Å². The second-order valence-electron chi connectivity index (χ2n) is 5.73. The van der Waals surface area contributed by atoms with E-state index in [0.29, 0.717) is 4.47 Å². The molecule has 0 unspecified atom stereocenters. The topological polar surface area (TPSA) is 95.6 Å². The second kappa shape index (κ2) is 8.59. The normalized spacial score (nSPS) is 11.3. The smallest absolute Gasteiger partial charge is 0.269 e. The van der Waals surface area contributed by atoms with Crippen molar-refractivity contribution < 1.29 is 22.4 Å². The molecule has 0 aromatic heterocycles. The number of carbonyl (C=O) groups is 2. The molecular formula is C17H17BrFN3O4S. The summed E-state index contributed by atoms with van der Waals surface area (Å²) in [6.07, 6.45) is 0. The monoisotopic (exact) mass is 457 g/mol. The number of sulfonamides is 1. The highest BCUT2D eigenvalue weighted by Gasteiger charge is 2.23. The number of aryl methyl sites for hydroxylation is 1. The summed E-state index contributed by atoms with van der Waals surface area (Å²) >= 11 is 3.06. The van der Waals surface area contributed by atoms with E-state index in [-0.39, 0.29) is 10.5 Å². The summed E-state index contributed by atoms with van der Waals surface area (Å²) < 4.78 is 39.4. The summed E-state index contributed by atoms with van der Waals surface area (Å²) in [6.45, 7) is 1.32. The quantitative estimate of drug-likeness (QED) is 0.670. The molecular weight excluding hydrogens is 441 g/mol. The highest BCUT2D eigenvalue weighted by molar-refractivity contribution is 9.10. The summed E-state index contributed by atoms with van der Waals surface area (Å²) in [7, 11) is -2.60. The van der Waals surface area contributed by atoms with Gasteiger partial charge in [-0.3, -0.25) is 20.4 Å². The Morgan fingerprint density at radius 2 is 1.74 bits per heavy atom. The van der Waals surface area contributed by atoms with Crippen LogP contribution in [-0.2, 0) is 14.8 Å². The van der Waals surface area contributed by atoms with Gasteiger partial charge in [-0.25, -0.2) is 12.8 Å². The van der Waals surface area contributed by atoms with Crippen LogP contribution >= 0.6 is 15.9 Å². The van der Waals surface area contributed by atoms with Crippen molar-refractivity contribution in [2.24, 2.45) is 0 Å². The summed E-state index contributed by atoms with van der Waals surface area (Å²) in [5, 5.41) is 0. The number of benzene rings is 2. The van der Waals surface area contributed by atoms with E-state index in [0.717, 1.165) is 15.9 Å². The molecule has 0 aliphatic carbocycles. The highest BCUT2D eigenvalue weighted by Crippen LogP contribution is 2.15. The van der Waals surface area contributed by atoms with E-state index >= 15 is 0 Å². The third-order valence-electron chi connectivity index (χ3n) is 3.54. The second-order valence-corrected chi connectivity index (χ2v) is 8.70. The van der Waals surface area contributed by atoms with Crippen molar-refractivity contribution in [3.05, 3.63) is 63.9 Å². The molecule has 0 bridgehead atoms. The van der Waals surface area contributed by atoms with Gasteiger partial charge in [0.25, 0.3) is 11.8 Å². The number of nitrogens with zero attached hydrogens (tertiary/aromatic N) is 1. The predicted octanol–water partition coefficient (Wildman–Crippen LogP) is 1.98. The predicted molar refractivity (Wildman–Crippen MR) is 101 cm³/mol. The van der Waals surface area contributed by atoms with Crippen molar-refractivity contribution in [2.75, 3.05) is 13.6 Å². The third kappa shape index (κ3) is 5.59. The summed E-state index contributed by atoms with van der Waals surface area (Å²) in [5.41, 5.74) is 5.10. The van der Waals surface area contributed by atoms with Crippen molar-refractivity contribution in [1.82, 2.24) is 15.2 Å². The highest BCUT2D eigenvalue weighted by atomic mass is 79.9. The molecule has 0 saturated heterocycles. The zero-order valence-electron chi connectivity index (χ0n) is 14.5. The molecule has 2 rings (SSSR count). The van der Waals surface area contributed by atoms with E-state index in [1.807, 2.05) is 6.92 Å². The summed E-state index contributed by atoms with van der Waals surface area (Å²) in [5.74, 6) is -2.12. The molecule has 2 aromatic carbocycles. The van der Waals surface area contributed by atoms with Crippen LogP contribution in [-0.4, -0.2) is 38.1 Å². The zero-order valence-corrected chi connectivity index (χ0v) is 16.9. The Morgan fingerprint density at radius 1 is 1.11 bits per heavy atom. The van der Waals surface area contributed by atoms with Crippen LogP contribution in [0.3, 0.4) is 0 Å². The number of nitrogens with one attached hydrogen (secondary N) is 2. The number of hydrazine groups is 1. The molecule has 7 nitrogen and oxygen atoms in total. The number of rotatable bonds is 5. The number of carbonyl (C=O) groups excluding carboxylic acids is 2. The van der Waals surface area contributed by atoms with Gasteiger partial charge >= 0.3 is 0 Å². The Morgan fingerprint density at radius 3 is 2.33 bits per heavy atom. The van der Waals surface area contributed by atoms with E-state index < -0.39 is 34.2 Å². The van der Waals surface area contributed by atoms with Crippen LogP contribution in [0.15, 0.2) is 51.8 Å². The number of amides is 2. The van der Waals surface area contributed by atoms with E-state index in [9.17, 15) is 22.4 Å².